The number of rotatable bonds is 9. The number of anilines is 1. The molecule has 1 aromatic carbocycles. The number of nitro groups is 2. The molecule has 0 heterocycles. The molecule has 0 radical (unpaired) electrons. The van der Waals surface area contributed by atoms with Crippen LogP contribution in [0.5, 0.6) is 0 Å². The summed E-state index contributed by atoms with van der Waals surface area (Å²) >= 11 is 11.5. The molecule has 0 aliphatic heterocycles. The number of hydrogen-bond donors (Lipinski definition) is 1. The quantitative estimate of drug-likeness (QED) is 0.400. The molecule has 0 saturated carbocycles. The highest BCUT2D eigenvalue weighted by molar-refractivity contribution is 6.18. The molecular weight excluding hydrogens is 363 g/mol. The van der Waals surface area contributed by atoms with Crippen LogP contribution < -0.4 is 10.2 Å². The van der Waals surface area contributed by atoms with E-state index in [2.05, 4.69) is 5.32 Å². The zero-order valence-corrected chi connectivity index (χ0v) is 14.3. The summed E-state index contributed by atoms with van der Waals surface area (Å²) in [5.74, 6) is -0.367. The number of nitrogens with one attached hydrogen (secondary N) is 1. The molecular formula is C13H16Cl2N4O5. The fourth-order valence-corrected chi connectivity index (χ4v) is 2.56. The van der Waals surface area contributed by atoms with Crippen LogP contribution in [-0.2, 0) is 0 Å². The van der Waals surface area contributed by atoms with Gasteiger partial charge in [-0.15, -0.1) is 23.2 Å². The first-order valence-electron chi connectivity index (χ1n) is 6.99. The van der Waals surface area contributed by atoms with Crippen LogP contribution in [0.4, 0.5) is 17.1 Å². The Labute approximate surface area is 147 Å². The third-order valence-electron chi connectivity index (χ3n) is 3.09. The largest absolute Gasteiger partial charge is 0.363 e. The zero-order chi connectivity index (χ0) is 18.3. The van der Waals surface area contributed by atoms with Crippen molar-refractivity contribution in [1.29, 1.82) is 0 Å². The number of halogens is 2. The van der Waals surface area contributed by atoms with Crippen molar-refractivity contribution in [3.05, 3.63) is 37.9 Å². The first-order valence-corrected chi connectivity index (χ1v) is 8.06. The van der Waals surface area contributed by atoms with Gasteiger partial charge in [-0.1, -0.05) is 0 Å². The van der Waals surface area contributed by atoms with E-state index in [1.165, 1.54) is 4.90 Å². The normalized spacial score (nSPS) is 10.3. The van der Waals surface area contributed by atoms with Crippen LogP contribution in [0.15, 0.2) is 12.1 Å². The first kappa shape index (κ1) is 19.9. The van der Waals surface area contributed by atoms with Crippen molar-refractivity contribution in [2.24, 2.45) is 0 Å². The van der Waals surface area contributed by atoms with E-state index >= 15 is 0 Å². The van der Waals surface area contributed by atoms with Gasteiger partial charge < -0.3 is 10.2 Å². The fourth-order valence-electron chi connectivity index (χ4n) is 2.15. The lowest BCUT2D eigenvalue weighted by Crippen LogP contribution is -2.32. The number of amides is 1. The summed E-state index contributed by atoms with van der Waals surface area (Å²) in [6, 6.07) is 1.84. The maximum absolute atomic E-state index is 12.3. The first-order chi connectivity index (χ1) is 11.4. The molecule has 0 unspecified atom stereocenters. The van der Waals surface area contributed by atoms with E-state index in [1.807, 2.05) is 0 Å². The highest BCUT2D eigenvalue weighted by atomic mass is 35.5. The summed E-state index contributed by atoms with van der Waals surface area (Å²) in [6.45, 7) is 2.32. The fraction of sp³-hybridized carbons (Fsp3) is 0.462. The Morgan fingerprint density at radius 3 is 2.17 bits per heavy atom. The lowest BCUT2D eigenvalue weighted by molar-refractivity contribution is -0.393. The average molecular weight is 379 g/mol. The van der Waals surface area contributed by atoms with Crippen molar-refractivity contribution in [3.8, 4) is 0 Å². The summed E-state index contributed by atoms with van der Waals surface area (Å²) in [7, 11) is 0. The number of carbonyl (C=O) groups is 1. The Morgan fingerprint density at radius 1 is 1.17 bits per heavy atom. The molecule has 1 rings (SSSR count). The van der Waals surface area contributed by atoms with Gasteiger partial charge in [0.2, 0.25) is 0 Å². The second-order valence-corrected chi connectivity index (χ2v) is 5.36. The van der Waals surface area contributed by atoms with Crippen LogP contribution in [-0.4, -0.2) is 47.1 Å². The highest BCUT2D eigenvalue weighted by Gasteiger charge is 2.30. The molecule has 0 spiro atoms. The van der Waals surface area contributed by atoms with E-state index in [9.17, 15) is 25.0 Å². The van der Waals surface area contributed by atoms with E-state index in [0.717, 1.165) is 12.1 Å². The number of benzene rings is 1. The number of nitro benzene ring substituents is 2. The maximum Gasteiger partial charge on any atom is 0.300 e. The van der Waals surface area contributed by atoms with Crippen LogP contribution in [0.3, 0.4) is 0 Å². The molecule has 24 heavy (non-hydrogen) atoms. The molecule has 1 N–H and O–H groups in total. The van der Waals surface area contributed by atoms with Gasteiger partial charge in [0.15, 0.2) is 0 Å². The van der Waals surface area contributed by atoms with E-state index in [4.69, 9.17) is 23.2 Å². The second kappa shape index (κ2) is 9.24. The van der Waals surface area contributed by atoms with Gasteiger partial charge in [0.25, 0.3) is 17.3 Å². The van der Waals surface area contributed by atoms with Gasteiger partial charge >= 0.3 is 0 Å². The zero-order valence-electron chi connectivity index (χ0n) is 12.8. The van der Waals surface area contributed by atoms with Crippen molar-refractivity contribution in [2.45, 2.75) is 6.92 Å². The minimum absolute atomic E-state index is 0.0298. The van der Waals surface area contributed by atoms with Crippen molar-refractivity contribution >= 4 is 46.2 Å². The number of nitrogens with zero attached hydrogens (tertiary/aromatic N) is 3. The summed E-state index contributed by atoms with van der Waals surface area (Å²) in [4.78, 5) is 34.6. The van der Waals surface area contributed by atoms with Gasteiger partial charge in [-0.2, -0.15) is 0 Å². The summed E-state index contributed by atoms with van der Waals surface area (Å²) in [5, 5.41) is 24.9. The second-order valence-electron chi connectivity index (χ2n) is 4.60. The lowest BCUT2D eigenvalue weighted by Gasteiger charge is -2.24. The van der Waals surface area contributed by atoms with Crippen LogP contribution in [0.2, 0.25) is 0 Å². The van der Waals surface area contributed by atoms with Crippen molar-refractivity contribution in [2.75, 3.05) is 36.3 Å². The van der Waals surface area contributed by atoms with E-state index < -0.39 is 27.1 Å². The molecule has 0 aliphatic rings. The monoisotopic (exact) mass is 378 g/mol. The molecule has 0 aromatic heterocycles. The molecule has 1 aromatic rings. The molecule has 1 amide bonds. The van der Waals surface area contributed by atoms with Crippen LogP contribution >= 0.6 is 23.2 Å². The molecule has 0 bridgehead atoms. The lowest BCUT2D eigenvalue weighted by atomic mass is 10.1. The Hall–Kier alpha value is -2.13. The topological polar surface area (TPSA) is 119 Å². The predicted octanol–water partition coefficient (Wildman–Crippen LogP) is 2.54. The van der Waals surface area contributed by atoms with Gasteiger partial charge in [-0.25, -0.2) is 0 Å². The number of non-ortho nitro benzene ring substituents is 1. The summed E-state index contributed by atoms with van der Waals surface area (Å²) in [6.07, 6.45) is 0. The molecule has 11 heteroatoms. The Kier molecular flexibility index (Phi) is 7.66. The van der Waals surface area contributed by atoms with Crippen LogP contribution in [0, 0.1) is 20.2 Å². The minimum Gasteiger partial charge on any atom is -0.363 e. The Balaban J connectivity index is 3.68. The van der Waals surface area contributed by atoms with Gasteiger partial charge in [-0.05, 0) is 6.92 Å². The molecule has 132 valence electrons. The minimum atomic E-state index is -0.785. The van der Waals surface area contributed by atoms with E-state index in [0.29, 0.717) is 0 Å². The highest BCUT2D eigenvalue weighted by Crippen LogP contribution is 2.36. The molecule has 0 aliphatic carbocycles. The molecule has 9 nitrogen and oxygen atoms in total. The smallest absolute Gasteiger partial charge is 0.300 e. The predicted molar refractivity (Wildman–Crippen MR) is 91.4 cm³/mol. The molecule has 0 atom stereocenters. The summed E-state index contributed by atoms with van der Waals surface area (Å²) in [5.41, 5.74) is -1.27. The van der Waals surface area contributed by atoms with Crippen molar-refractivity contribution in [3.63, 3.8) is 0 Å². The van der Waals surface area contributed by atoms with Gasteiger partial charge in [0, 0.05) is 37.5 Å². The summed E-state index contributed by atoms with van der Waals surface area (Å²) < 4.78 is 0. The van der Waals surface area contributed by atoms with Crippen LogP contribution in [0.1, 0.15) is 17.3 Å². The van der Waals surface area contributed by atoms with Gasteiger partial charge in [0.05, 0.1) is 21.5 Å². The van der Waals surface area contributed by atoms with E-state index in [-0.39, 0.29) is 42.6 Å². The standard InChI is InChI=1S/C13H16Cl2N4O5/c1-2-16-13(20)10-7-9(18(21)22)8-11(19(23)24)12(10)17(5-3-14)6-4-15/h7-8H,2-6H2,1H3,(H,16,20). The van der Waals surface area contributed by atoms with E-state index in [1.54, 1.807) is 6.92 Å². The number of alkyl halides is 2. The average Bonchev–Trinajstić information content (AvgIpc) is 2.53. The SMILES string of the molecule is CCNC(=O)c1cc([N+](=O)[O-])cc([N+](=O)[O-])c1N(CCCl)CCCl. The maximum atomic E-state index is 12.3. The third kappa shape index (κ3) is 4.68. The van der Waals surface area contributed by atoms with Crippen LogP contribution in [0.25, 0.3) is 0 Å². The van der Waals surface area contributed by atoms with Crippen molar-refractivity contribution < 1.29 is 14.6 Å². The third-order valence-corrected chi connectivity index (χ3v) is 3.43. The Bertz CT molecular complexity index is 635. The van der Waals surface area contributed by atoms with Crippen molar-refractivity contribution in [1.82, 2.24) is 5.32 Å². The number of carbonyl (C=O) groups excluding carboxylic acids is 1. The molecule has 0 saturated heterocycles. The van der Waals surface area contributed by atoms with Gasteiger partial charge in [0.1, 0.15) is 5.69 Å². The Morgan fingerprint density at radius 2 is 1.75 bits per heavy atom. The number of hydrogen-bond acceptors (Lipinski definition) is 6. The molecule has 0 fully saturated rings. The van der Waals surface area contributed by atoms with Gasteiger partial charge in [-0.3, -0.25) is 25.0 Å².